The standard InChI is InChI=1S/C21H26N2OS.C13H25N/c1-6-7-15-16-11-17(21(4,5)20(22)24)25-19(16)23-18(15)14-9-12(2)8-13(3)10-14;1-5-8-13(9-6-2)12(7-3)10-11-14-4/h8-11,23H,6-7H2,1-5H3,(H2,22,24);7,10-11,13-14H,5-6,8-9H2,1-4H3/b;11-10-,12-7+. The molecular weight excluding hydrogens is 498 g/mol. The molecule has 0 fully saturated rings. The quantitative estimate of drug-likeness (QED) is 0.197. The van der Waals surface area contributed by atoms with Crippen LogP contribution in [0, 0.1) is 19.8 Å². The first-order valence-corrected chi connectivity index (χ1v) is 15.4. The van der Waals surface area contributed by atoms with Gasteiger partial charge in [-0.1, -0.05) is 63.3 Å². The van der Waals surface area contributed by atoms with E-state index in [1.807, 2.05) is 27.1 Å². The van der Waals surface area contributed by atoms with Crippen LogP contribution in [0.15, 0.2) is 48.2 Å². The molecule has 0 spiro atoms. The summed E-state index contributed by atoms with van der Waals surface area (Å²) in [6.45, 7) is 16.9. The first kappa shape index (κ1) is 32.4. The summed E-state index contributed by atoms with van der Waals surface area (Å²) in [6, 6.07) is 8.81. The molecule has 2 aromatic heterocycles. The fraction of sp³-hybridized carbons (Fsp3) is 0.500. The van der Waals surface area contributed by atoms with Crippen LogP contribution in [0.4, 0.5) is 0 Å². The van der Waals surface area contributed by atoms with Crippen LogP contribution in [0.1, 0.15) is 95.2 Å². The number of nitrogens with one attached hydrogen (secondary N) is 2. The Morgan fingerprint density at radius 2 is 1.67 bits per heavy atom. The lowest BCUT2D eigenvalue weighted by Gasteiger charge is -2.18. The van der Waals surface area contributed by atoms with Crippen LogP contribution in [0.25, 0.3) is 21.5 Å². The SMILES string of the molecule is C/C=C(\C=C/NC)C(CCC)CCC.CCCc1c(-c2cc(C)cc(C)c2)[nH]c2sc(C(C)(C)C(N)=O)cc12. The van der Waals surface area contributed by atoms with Gasteiger partial charge in [0.05, 0.1) is 11.1 Å². The van der Waals surface area contributed by atoms with Crippen molar-refractivity contribution in [1.82, 2.24) is 10.3 Å². The van der Waals surface area contributed by atoms with Crippen molar-refractivity contribution in [3.8, 4) is 11.3 Å². The van der Waals surface area contributed by atoms with Gasteiger partial charge in [-0.05, 0) is 107 Å². The molecule has 2 heterocycles. The number of nitrogens with two attached hydrogens (primary N) is 1. The summed E-state index contributed by atoms with van der Waals surface area (Å²) in [5, 5.41) is 4.28. The monoisotopic (exact) mass is 549 g/mol. The molecule has 214 valence electrons. The van der Waals surface area contributed by atoms with Gasteiger partial charge >= 0.3 is 0 Å². The molecule has 0 aliphatic rings. The number of thiophene rings is 1. The van der Waals surface area contributed by atoms with Crippen molar-refractivity contribution < 1.29 is 4.79 Å². The predicted octanol–water partition coefficient (Wildman–Crippen LogP) is 9.11. The maximum atomic E-state index is 11.8. The van der Waals surface area contributed by atoms with Gasteiger partial charge in [0.1, 0.15) is 4.83 Å². The number of allylic oxidation sites excluding steroid dienone is 3. The van der Waals surface area contributed by atoms with Crippen LogP contribution >= 0.6 is 11.3 Å². The number of aromatic nitrogens is 1. The number of carbonyl (C=O) groups excluding carboxylic acids is 1. The molecule has 1 aromatic carbocycles. The van der Waals surface area contributed by atoms with Crippen LogP contribution in [0.2, 0.25) is 0 Å². The number of H-pyrrole nitrogens is 1. The van der Waals surface area contributed by atoms with Gasteiger partial charge < -0.3 is 16.0 Å². The summed E-state index contributed by atoms with van der Waals surface area (Å²) in [5.41, 5.74) is 12.8. The zero-order valence-electron chi connectivity index (χ0n) is 25.8. The van der Waals surface area contributed by atoms with Crippen molar-refractivity contribution in [3.63, 3.8) is 0 Å². The number of fused-ring (bicyclic) bond motifs is 1. The van der Waals surface area contributed by atoms with E-state index in [4.69, 9.17) is 5.73 Å². The van der Waals surface area contributed by atoms with E-state index in [0.29, 0.717) is 0 Å². The third kappa shape index (κ3) is 8.35. The molecule has 0 radical (unpaired) electrons. The van der Waals surface area contributed by atoms with Crippen LogP contribution in [0.3, 0.4) is 0 Å². The molecule has 0 unspecified atom stereocenters. The van der Waals surface area contributed by atoms with Crippen molar-refractivity contribution in [1.29, 1.82) is 0 Å². The maximum absolute atomic E-state index is 11.8. The van der Waals surface area contributed by atoms with E-state index in [0.717, 1.165) is 28.5 Å². The summed E-state index contributed by atoms with van der Waals surface area (Å²) >= 11 is 1.64. The largest absolute Gasteiger partial charge is 0.394 e. The number of carbonyl (C=O) groups is 1. The number of aryl methyl sites for hydroxylation is 3. The maximum Gasteiger partial charge on any atom is 0.228 e. The summed E-state index contributed by atoms with van der Waals surface area (Å²) < 4.78 is 0. The second-order valence-electron chi connectivity index (χ2n) is 11.1. The lowest BCUT2D eigenvalue weighted by molar-refractivity contribution is -0.122. The van der Waals surface area contributed by atoms with Gasteiger partial charge in [0.15, 0.2) is 0 Å². The number of hydrogen-bond acceptors (Lipinski definition) is 3. The Morgan fingerprint density at radius 3 is 2.15 bits per heavy atom. The molecule has 4 N–H and O–H groups in total. The minimum Gasteiger partial charge on any atom is -0.394 e. The lowest BCUT2D eigenvalue weighted by atomic mass is 9.90. The smallest absolute Gasteiger partial charge is 0.228 e. The van der Waals surface area contributed by atoms with Crippen molar-refractivity contribution in [3.05, 3.63) is 69.8 Å². The second-order valence-corrected chi connectivity index (χ2v) is 12.2. The van der Waals surface area contributed by atoms with Gasteiger partial charge in [0.25, 0.3) is 0 Å². The fourth-order valence-electron chi connectivity index (χ4n) is 5.16. The summed E-state index contributed by atoms with van der Waals surface area (Å²) in [4.78, 5) is 17.6. The zero-order valence-corrected chi connectivity index (χ0v) is 26.6. The molecule has 0 saturated carbocycles. The molecule has 3 aromatic rings. The first-order valence-electron chi connectivity index (χ1n) is 14.6. The van der Waals surface area contributed by atoms with Crippen LogP contribution < -0.4 is 11.1 Å². The number of rotatable bonds is 12. The molecule has 0 saturated heterocycles. The summed E-state index contributed by atoms with van der Waals surface area (Å²) in [6.07, 6.45) is 13.7. The van der Waals surface area contributed by atoms with Crippen molar-refractivity contribution in [2.24, 2.45) is 11.7 Å². The molecule has 4 nitrogen and oxygen atoms in total. The number of benzene rings is 1. The Hall–Kier alpha value is -2.79. The normalized spacial score (nSPS) is 12.3. The van der Waals surface area contributed by atoms with Crippen LogP contribution in [-0.4, -0.2) is 17.9 Å². The van der Waals surface area contributed by atoms with Gasteiger partial charge in [-0.15, -0.1) is 11.3 Å². The van der Waals surface area contributed by atoms with Crippen LogP contribution in [-0.2, 0) is 16.6 Å². The van der Waals surface area contributed by atoms with Crippen LogP contribution in [0.5, 0.6) is 0 Å². The third-order valence-corrected chi connectivity index (χ3v) is 8.74. The molecule has 1 amide bonds. The van der Waals surface area contributed by atoms with E-state index < -0.39 is 5.41 Å². The van der Waals surface area contributed by atoms with Crippen molar-refractivity contribution >= 4 is 27.5 Å². The van der Waals surface area contributed by atoms with Gasteiger partial charge in [0.2, 0.25) is 5.91 Å². The van der Waals surface area contributed by atoms with E-state index in [1.165, 1.54) is 64.6 Å². The van der Waals surface area contributed by atoms with Gasteiger partial charge in [-0.2, -0.15) is 0 Å². The minimum atomic E-state index is -0.645. The Morgan fingerprint density at radius 1 is 1.05 bits per heavy atom. The first-order chi connectivity index (χ1) is 18.5. The van der Waals surface area contributed by atoms with E-state index in [2.05, 4.69) is 88.3 Å². The molecule has 39 heavy (non-hydrogen) atoms. The Kier molecular flexibility index (Phi) is 12.6. The summed E-state index contributed by atoms with van der Waals surface area (Å²) in [7, 11) is 1.94. The average Bonchev–Trinajstić information content (AvgIpc) is 3.44. The molecule has 3 rings (SSSR count). The third-order valence-electron chi connectivity index (χ3n) is 7.36. The fourth-order valence-corrected chi connectivity index (χ4v) is 6.36. The molecule has 0 bridgehead atoms. The lowest BCUT2D eigenvalue weighted by Crippen LogP contribution is -2.34. The summed E-state index contributed by atoms with van der Waals surface area (Å²) in [5.74, 6) is 0.461. The van der Waals surface area contributed by atoms with Crippen molar-refractivity contribution in [2.45, 2.75) is 99.3 Å². The predicted molar refractivity (Wildman–Crippen MR) is 173 cm³/mol. The highest BCUT2D eigenvalue weighted by atomic mass is 32.1. The number of primary amides is 1. The highest BCUT2D eigenvalue weighted by Gasteiger charge is 2.30. The molecule has 0 atom stereocenters. The van der Waals surface area contributed by atoms with E-state index >= 15 is 0 Å². The molecule has 5 heteroatoms. The second kappa shape index (κ2) is 15.1. The molecular formula is C34H51N3OS. The highest BCUT2D eigenvalue weighted by molar-refractivity contribution is 7.19. The van der Waals surface area contributed by atoms with E-state index in [-0.39, 0.29) is 5.91 Å². The van der Waals surface area contributed by atoms with Gasteiger partial charge in [0, 0.05) is 17.3 Å². The number of amides is 1. The molecule has 0 aliphatic heterocycles. The number of aromatic amines is 1. The average molecular weight is 550 g/mol. The molecule has 0 aliphatic carbocycles. The Balaban J connectivity index is 0.000000326. The number of hydrogen-bond donors (Lipinski definition) is 3. The zero-order chi connectivity index (χ0) is 29.2. The van der Waals surface area contributed by atoms with E-state index in [1.54, 1.807) is 11.3 Å². The topological polar surface area (TPSA) is 70.9 Å². The van der Waals surface area contributed by atoms with Crippen molar-refractivity contribution in [2.75, 3.05) is 7.05 Å². The Bertz CT molecular complexity index is 1250. The highest BCUT2D eigenvalue weighted by Crippen LogP contribution is 2.40. The van der Waals surface area contributed by atoms with E-state index in [9.17, 15) is 4.79 Å². The minimum absolute atomic E-state index is 0.289. The van der Waals surface area contributed by atoms with Gasteiger partial charge in [-0.25, -0.2) is 0 Å². The van der Waals surface area contributed by atoms with Gasteiger partial charge in [-0.3, -0.25) is 4.79 Å². The Labute approximate surface area is 241 Å².